The van der Waals surface area contributed by atoms with Gasteiger partial charge in [-0.3, -0.25) is 4.98 Å². The van der Waals surface area contributed by atoms with Crippen LogP contribution in [-0.2, 0) is 0 Å². The molecule has 4 heterocycles. The number of aromatic amines is 1. The highest BCUT2D eigenvalue weighted by molar-refractivity contribution is 7.98. The Labute approximate surface area is 176 Å². The lowest BCUT2D eigenvalue weighted by Gasteiger charge is -2.09. The Kier molecular flexibility index (Phi) is 4.20. The molecular weight excluding hydrogens is 394 g/mol. The summed E-state index contributed by atoms with van der Waals surface area (Å²) in [5, 5.41) is 22.8. The molecule has 8 heteroatoms. The Morgan fingerprint density at radius 3 is 2.57 bits per heavy atom. The molecule has 2 N–H and O–H groups in total. The van der Waals surface area contributed by atoms with Crippen LogP contribution in [0.3, 0.4) is 0 Å². The second kappa shape index (κ2) is 7.03. The van der Waals surface area contributed by atoms with Gasteiger partial charge in [-0.05, 0) is 36.6 Å². The first-order valence-corrected chi connectivity index (χ1v) is 10.3. The molecule has 0 spiro atoms. The minimum atomic E-state index is 0.404. The zero-order valence-corrected chi connectivity index (χ0v) is 16.6. The Balaban J connectivity index is 1.83. The van der Waals surface area contributed by atoms with E-state index in [-0.39, 0.29) is 0 Å². The quantitative estimate of drug-likeness (QED) is 0.407. The standard InChI is InChI=1S/C22H13N7S/c1-30-14-7-12(9-23)18(13(8-14)10-24)22-28-19-15-4-6-25-11-17(15)27-21-16(20(19)29-22)3-2-5-26-21/h2-8,11H,1H3,(H,26,27)(H,28,29). The summed E-state index contributed by atoms with van der Waals surface area (Å²) in [4.78, 5) is 17.7. The molecule has 5 rings (SSSR count). The van der Waals surface area contributed by atoms with Gasteiger partial charge in [-0.1, -0.05) is 0 Å². The Morgan fingerprint density at radius 2 is 1.83 bits per heavy atom. The molecule has 1 aromatic carbocycles. The van der Waals surface area contributed by atoms with E-state index in [0.717, 1.165) is 27.4 Å². The van der Waals surface area contributed by atoms with Crippen molar-refractivity contribution in [1.82, 2.24) is 19.9 Å². The highest BCUT2D eigenvalue weighted by Crippen LogP contribution is 2.43. The predicted octanol–water partition coefficient (Wildman–Crippen LogP) is 4.72. The van der Waals surface area contributed by atoms with Crippen molar-refractivity contribution in [3.8, 4) is 46.0 Å². The summed E-state index contributed by atoms with van der Waals surface area (Å²) in [6.45, 7) is 0. The molecule has 0 amide bonds. The first kappa shape index (κ1) is 17.9. The van der Waals surface area contributed by atoms with Crippen LogP contribution in [0, 0.1) is 22.7 Å². The molecule has 0 atom stereocenters. The van der Waals surface area contributed by atoms with E-state index in [1.165, 1.54) is 11.8 Å². The number of rotatable bonds is 2. The summed E-state index contributed by atoms with van der Waals surface area (Å²) in [5.41, 5.74) is 5.29. The number of imidazole rings is 1. The molecule has 30 heavy (non-hydrogen) atoms. The van der Waals surface area contributed by atoms with Crippen molar-refractivity contribution in [3.05, 3.63) is 60.0 Å². The molecule has 0 fully saturated rings. The third-order valence-corrected chi connectivity index (χ3v) is 5.64. The van der Waals surface area contributed by atoms with Gasteiger partial charge in [0.15, 0.2) is 0 Å². The first-order chi connectivity index (χ1) is 14.7. The summed E-state index contributed by atoms with van der Waals surface area (Å²) >= 11 is 1.49. The number of benzene rings is 1. The van der Waals surface area contributed by atoms with Crippen molar-refractivity contribution < 1.29 is 0 Å². The molecule has 0 aliphatic carbocycles. The van der Waals surface area contributed by atoms with Gasteiger partial charge < -0.3 is 10.3 Å². The van der Waals surface area contributed by atoms with E-state index in [2.05, 4.69) is 32.4 Å². The Bertz CT molecular complexity index is 1290. The zero-order chi connectivity index (χ0) is 20.7. The van der Waals surface area contributed by atoms with Crippen LogP contribution in [0.4, 0.5) is 11.5 Å². The number of aromatic nitrogens is 4. The summed E-state index contributed by atoms with van der Waals surface area (Å²) in [6.07, 6.45) is 7.07. The number of nitrogens with zero attached hydrogens (tertiary/aromatic N) is 5. The topological polar surface area (TPSA) is 114 Å². The largest absolute Gasteiger partial charge is 0.338 e. The van der Waals surface area contributed by atoms with Crippen LogP contribution in [0.1, 0.15) is 11.1 Å². The van der Waals surface area contributed by atoms with E-state index >= 15 is 0 Å². The number of fused-ring (bicyclic) bond motifs is 5. The molecule has 0 saturated heterocycles. The minimum absolute atomic E-state index is 0.404. The van der Waals surface area contributed by atoms with Crippen LogP contribution in [0.5, 0.6) is 0 Å². The molecule has 4 aromatic rings. The Hall–Kier alpha value is -4.14. The number of hydrogen-bond acceptors (Lipinski definition) is 7. The molecule has 0 saturated carbocycles. The molecule has 7 nitrogen and oxygen atoms in total. The van der Waals surface area contributed by atoms with Crippen LogP contribution in [-0.4, -0.2) is 26.2 Å². The second-order valence-electron chi connectivity index (χ2n) is 6.58. The van der Waals surface area contributed by atoms with Crippen molar-refractivity contribution in [3.63, 3.8) is 0 Å². The van der Waals surface area contributed by atoms with Gasteiger partial charge >= 0.3 is 0 Å². The fourth-order valence-electron chi connectivity index (χ4n) is 3.58. The van der Waals surface area contributed by atoms with Crippen LogP contribution in [0.15, 0.2) is 53.8 Å². The summed E-state index contributed by atoms with van der Waals surface area (Å²) < 4.78 is 0. The molecule has 0 radical (unpaired) electrons. The number of thioether (sulfide) groups is 1. The lowest BCUT2D eigenvalue weighted by molar-refractivity contribution is 1.25. The monoisotopic (exact) mass is 407 g/mol. The number of anilines is 2. The fraction of sp³-hybridized carbons (Fsp3) is 0.0455. The predicted molar refractivity (Wildman–Crippen MR) is 115 cm³/mol. The van der Waals surface area contributed by atoms with E-state index < -0.39 is 0 Å². The average Bonchev–Trinajstić information content (AvgIpc) is 3.18. The van der Waals surface area contributed by atoms with E-state index in [1.807, 2.05) is 24.5 Å². The third-order valence-electron chi connectivity index (χ3n) is 4.94. The Morgan fingerprint density at radius 1 is 1.03 bits per heavy atom. The fourth-order valence-corrected chi connectivity index (χ4v) is 4.05. The van der Waals surface area contributed by atoms with Crippen LogP contribution in [0.2, 0.25) is 0 Å². The number of H-pyrrole nitrogens is 1. The first-order valence-electron chi connectivity index (χ1n) is 9.03. The molecule has 1 aliphatic heterocycles. The van der Waals surface area contributed by atoms with Crippen LogP contribution in [0.25, 0.3) is 33.9 Å². The summed E-state index contributed by atoms with van der Waals surface area (Å²) in [6, 6.07) is 13.7. The van der Waals surface area contributed by atoms with Gasteiger partial charge in [0.05, 0.1) is 46.4 Å². The van der Waals surface area contributed by atoms with Gasteiger partial charge in [0, 0.05) is 28.4 Å². The average molecular weight is 407 g/mol. The van der Waals surface area contributed by atoms with Crippen molar-refractivity contribution >= 4 is 23.3 Å². The second-order valence-corrected chi connectivity index (χ2v) is 7.46. The molecule has 0 unspecified atom stereocenters. The van der Waals surface area contributed by atoms with Gasteiger partial charge in [0.25, 0.3) is 0 Å². The molecule has 142 valence electrons. The summed E-state index contributed by atoms with van der Waals surface area (Å²) in [5.74, 6) is 1.14. The SMILES string of the molecule is CSc1cc(C#N)c(-c2nc3c([nH]2)-c2ccncc2Nc2ncccc2-3)c(C#N)c1. The number of pyridine rings is 2. The van der Waals surface area contributed by atoms with Crippen LogP contribution >= 0.6 is 11.8 Å². The zero-order valence-electron chi connectivity index (χ0n) is 15.8. The normalized spacial score (nSPS) is 11.2. The number of nitriles is 2. The highest BCUT2D eigenvalue weighted by atomic mass is 32.2. The van der Waals surface area contributed by atoms with E-state index in [9.17, 15) is 10.5 Å². The lowest BCUT2D eigenvalue weighted by atomic mass is 10.0. The third kappa shape index (κ3) is 2.71. The minimum Gasteiger partial charge on any atom is -0.338 e. The van der Waals surface area contributed by atoms with Gasteiger partial charge in [-0.2, -0.15) is 10.5 Å². The van der Waals surface area contributed by atoms with E-state index in [1.54, 1.807) is 30.7 Å². The maximum absolute atomic E-state index is 9.74. The van der Waals surface area contributed by atoms with Crippen molar-refractivity contribution in [2.45, 2.75) is 4.90 Å². The molecule has 1 aliphatic rings. The summed E-state index contributed by atoms with van der Waals surface area (Å²) in [7, 11) is 0. The van der Waals surface area contributed by atoms with Gasteiger partial charge in [0.1, 0.15) is 17.3 Å². The highest BCUT2D eigenvalue weighted by Gasteiger charge is 2.26. The van der Waals surface area contributed by atoms with Gasteiger partial charge in [-0.25, -0.2) is 9.97 Å². The van der Waals surface area contributed by atoms with Crippen molar-refractivity contribution in [1.29, 1.82) is 10.5 Å². The van der Waals surface area contributed by atoms with E-state index in [0.29, 0.717) is 34.0 Å². The molecule has 0 bridgehead atoms. The maximum atomic E-state index is 9.74. The lowest BCUT2D eigenvalue weighted by Crippen LogP contribution is -1.97. The van der Waals surface area contributed by atoms with Crippen molar-refractivity contribution in [2.75, 3.05) is 11.6 Å². The smallest absolute Gasteiger partial charge is 0.141 e. The van der Waals surface area contributed by atoms with Gasteiger partial charge in [-0.15, -0.1) is 11.8 Å². The van der Waals surface area contributed by atoms with Crippen LogP contribution < -0.4 is 5.32 Å². The maximum Gasteiger partial charge on any atom is 0.141 e. The number of nitrogens with one attached hydrogen (secondary N) is 2. The number of hydrogen-bond donors (Lipinski definition) is 2. The van der Waals surface area contributed by atoms with Gasteiger partial charge in [0.2, 0.25) is 0 Å². The van der Waals surface area contributed by atoms with Crippen molar-refractivity contribution in [2.24, 2.45) is 0 Å². The van der Waals surface area contributed by atoms with E-state index in [4.69, 9.17) is 4.98 Å². The molecule has 3 aromatic heterocycles. The molecular formula is C22H13N7S.